The quantitative estimate of drug-likeness (QED) is 0.632. The van der Waals surface area contributed by atoms with Gasteiger partial charge in [-0.3, -0.25) is 14.3 Å². The van der Waals surface area contributed by atoms with E-state index in [9.17, 15) is 9.59 Å². The van der Waals surface area contributed by atoms with Crippen molar-refractivity contribution in [3.63, 3.8) is 0 Å². The second kappa shape index (κ2) is 7.87. The molecule has 0 aliphatic rings. The molecule has 0 spiro atoms. The van der Waals surface area contributed by atoms with Gasteiger partial charge in [0.25, 0.3) is 5.91 Å². The van der Waals surface area contributed by atoms with E-state index in [0.717, 1.165) is 21.3 Å². The van der Waals surface area contributed by atoms with Crippen LogP contribution in [0.5, 0.6) is 0 Å². The van der Waals surface area contributed by atoms with E-state index in [2.05, 4.69) is 10.1 Å². The van der Waals surface area contributed by atoms with Crippen molar-refractivity contribution in [3.05, 3.63) is 46.0 Å². The SMILES string of the molecule is CCOC(=O)Cn1c(=NC(=O)c2ccn(CC)n2)sc2cc(C)c(C)cc21. The van der Waals surface area contributed by atoms with Gasteiger partial charge in [-0.15, -0.1) is 0 Å². The maximum Gasteiger partial charge on any atom is 0.326 e. The molecule has 0 saturated heterocycles. The maximum absolute atomic E-state index is 12.6. The molecule has 0 atom stereocenters. The van der Waals surface area contributed by atoms with Crippen molar-refractivity contribution < 1.29 is 14.3 Å². The van der Waals surface area contributed by atoms with Crippen LogP contribution in [0, 0.1) is 13.8 Å². The summed E-state index contributed by atoms with van der Waals surface area (Å²) in [7, 11) is 0. The molecule has 142 valence electrons. The highest BCUT2D eigenvalue weighted by atomic mass is 32.1. The van der Waals surface area contributed by atoms with Gasteiger partial charge in [0.1, 0.15) is 6.54 Å². The van der Waals surface area contributed by atoms with E-state index in [1.807, 2.05) is 32.9 Å². The van der Waals surface area contributed by atoms with E-state index in [0.29, 0.717) is 18.0 Å². The monoisotopic (exact) mass is 386 g/mol. The molecule has 8 heteroatoms. The van der Waals surface area contributed by atoms with Gasteiger partial charge in [0.05, 0.1) is 16.8 Å². The van der Waals surface area contributed by atoms with E-state index in [4.69, 9.17) is 4.74 Å². The first-order valence-corrected chi connectivity index (χ1v) is 9.63. The summed E-state index contributed by atoms with van der Waals surface area (Å²) in [5.41, 5.74) is 3.40. The number of aromatic nitrogens is 3. The fraction of sp³-hybridized carbons (Fsp3) is 0.368. The standard InChI is InChI=1S/C19H22N4O3S/c1-5-22-8-7-14(21-22)18(25)20-19-23(11-17(24)26-6-2)15-9-12(3)13(4)10-16(15)27-19/h7-10H,5-6,11H2,1-4H3. The zero-order valence-electron chi connectivity index (χ0n) is 15.9. The second-order valence-corrected chi connectivity index (χ2v) is 7.16. The number of thiazole rings is 1. The van der Waals surface area contributed by atoms with Gasteiger partial charge < -0.3 is 9.30 Å². The molecule has 1 amide bonds. The first-order chi connectivity index (χ1) is 12.9. The van der Waals surface area contributed by atoms with Crippen LogP contribution in [-0.2, 0) is 22.6 Å². The van der Waals surface area contributed by atoms with E-state index < -0.39 is 5.91 Å². The highest BCUT2D eigenvalue weighted by Gasteiger charge is 2.15. The third-order valence-corrected chi connectivity index (χ3v) is 5.31. The Morgan fingerprint density at radius 1 is 1.22 bits per heavy atom. The number of fused-ring (bicyclic) bond motifs is 1. The lowest BCUT2D eigenvalue weighted by Crippen LogP contribution is -2.23. The number of benzene rings is 1. The van der Waals surface area contributed by atoms with Gasteiger partial charge in [-0.1, -0.05) is 11.3 Å². The molecule has 0 aliphatic carbocycles. The van der Waals surface area contributed by atoms with Crippen molar-refractivity contribution in [2.24, 2.45) is 4.99 Å². The Bertz CT molecular complexity index is 1070. The smallest absolute Gasteiger partial charge is 0.326 e. The van der Waals surface area contributed by atoms with E-state index in [1.54, 1.807) is 28.4 Å². The molecule has 1 aromatic carbocycles. The van der Waals surface area contributed by atoms with Crippen LogP contribution in [0.15, 0.2) is 29.4 Å². The Kier molecular flexibility index (Phi) is 5.55. The average Bonchev–Trinajstić information content (AvgIpc) is 3.22. The summed E-state index contributed by atoms with van der Waals surface area (Å²) in [4.78, 5) is 29.3. The molecule has 7 nitrogen and oxygen atoms in total. The normalized spacial score (nSPS) is 11.9. The number of amides is 1. The van der Waals surface area contributed by atoms with E-state index >= 15 is 0 Å². The Labute approximate surface area is 160 Å². The summed E-state index contributed by atoms with van der Waals surface area (Å²) >= 11 is 1.38. The lowest BCUT2D eigenvalue weighted by atomic mass is 10.1. The number of esters is 1. The molecule has 0 N–H and O–H groups in total. The summed E-state index contributed by atoms with van der Waals surface area (Å²) in [6.45, 7) is 8.75. The van der Waals surface area contributed by atoms with Gasteiger partial charge in [0.15, 0.2) is 10.5 Å². The van der Waals surface area contributed by atoms with Gasteiger partial charge in [0.2, 0.25) is 0 Å². The van der Waals surface area contributed by atoms with E-state index in [-0.39, 0.29) is 18.2 Å². The van der Waals surface area contributed by atoms with Crippen LogP contribution in [0.1, 0.15) is 35.5 Å². The number of hydrogen-bond donors (Lipinski definition) is 0. The fourth-order valence-electron chi connectivity index (χ4n) is 2.69. The van der Waals surface area contributed by atoms with Crippen molar-refractivity contribution in [2.75, 3.05) is 6.61 Å². The highest BCUT2D eigenvalue weighted by Crippen LogP contribution is 2.22. The Morgan fingerprint density at radius 2 is 1.96 bits per heavy atom. The molecular formula is C19H22N4O3S. The molecular weight excluding hydrogens is 364 g/mol. The first kappa shape index (κ1) is 19.0. The summed E-state index contributed by atoms with van der Waals surface area (Å²) < 4.78 is 9.46. The number of ether oxygens (including phenoxy) is 1. The number of hydrogen-bond acceptors (Lipinski definition) is 5. The fourth-order valence-corrected chi connectivity index (χ4v) is 3.80. The molecule has 0 fully saturated rings. The molecule has 0 bridgehead atoms. The molecule has 2 heterocycles. The van der Waals surface area contributed by atoms with Crippen molar-refractivity contribution >= 4 is 33.4 Å². The summed E-state index contributed by atoms with van der Waals surface area (Å²) in [5.74, 6) is -0.792. The second-order valence-electron chi connectivity index (χ2n) is 6.15. The van der Waals surface area contributed by atoms with Gasteiger partial charge in [-0.25, -0.2) is 0 Å². The average molecular weight is 386 g/mol. The van der Waals surface area contributed by atoms with Gasteiger partial charge in [-0.2, -0.15) is 10.1 Å². The minimum Gasteiger partial charge on any atom is -0.465 e. The van der Waals surface area contributed by atoms with Gasteiger partial charge in [-0.05, 0) is 57.0 Å². The Morgan fingerprint density at radius 3 is 2.63 bits per heavy atom. The summed E-state index contributed by atoms with van der Waals surface area (Å²) in [6.07, 6.45) is 1.74. The molecule has 0 unspecified atom stereocenters. The number of carbonyl (C=O) groups is 2. The third kappa shape index (κ3) is 4.00. The highest BCUT2D eigenvalue weighted by molar-refractivity contribution is 7.16. The molecule has 3 aromatic rings. The Hall–Kier alpha value is -2.74. The van der Waals surface area contributed by atoms with Crippen LogP contribution in [0.3, 0.4) is 0 Å². The molecule has 0 radical (unpaired) electrons. The van der Waals surface area contributed by atoms with Crippen LogP contribution in [-0.4, -0.2) is 32.8 Å². The maximum atomic E-state index is 12.6. The van der Waals surface area contributed by atoms with Crippen molar-refractivity contribution in [1.82, 2.24) is 14.3 Å². The minimum absolute atomic E-state index is 0.00581. The zero-order chi connectivity index (χ0) is 19.6. The number of carbonyl (C=O) groups excluding carboxylic acids is 2. The minimum atomic E-state index is -0.431. The molecule has 0 aliphatic heterocycles. The number of aryl methyl sites for hydroxylation is 3. The zero-order valence-corrected chi connectivity index (χ0v) is 16.7. The van der Waals surface area contributed by atoms with E-state index in [1.165, 1.54) is 11.3 Å². The van der Waals surface area contributed by atoms with Gasteiger partial charge in [0, 0.05) is 12.7 Å². The lowest BCUT2D eigenvalue weighted by molar-refractivity contribution is -0.143. The third-order valence-electron chi connectivity index (χ3n) is 4.27. The predicted octanol–water partition coefficient (Wildman–Crippen LogP) is 2.84. The number of rotatable bonds is 5. The summed E-state index contributed by atoms with van der Waals surface area (Å²) in [6, 6.07) is 5.70. The Balaban J connectivity index is 2.12. The van der Waals surface area contributed by atoms with Gasteiger partial charge >= 0.3 is 5.97 Å². The van der Waals surface area contributed by atoms with Crippen LogP contribution in [0.4, 0.5) is 0 Å². The van der Waals surface area contributed by atoms with Crippen molar-refractivity contribution in [2.45, 2.75) is 40.8 Å². The largest absolute Gasteiger partial charge is 0.465 e. The van der Waals surface area contributed by atoms with Crippen molar-refractivity contribution in [3.8, 4) is 0 Å². The first-order valence-electron chi connectivity index (χ1n) is 8.81. The van der Waals surface area contributed by atoms with Crippen LogP contribution in [0.25, 0.3) is 10.2 Å². The van der Waals surface area contributed by atoms with Crippen LogP contribution >= 0.6 is 11.3 Å². The van der Waals surface area contributed by atoms with Crippen LogP contribution in [0.2, 0.25) is 0 Å². The predicted molar refractivity (Wildman–Crippen MR) is 104 cm³/mol. The molecule has 3 rings (SSSR count). The van der Waals surface area contributed by atoms with Crippen LogP contribution < -0.4 is 4.80 Å². The topological polar surface area (TPSA) is 78.5 Å². The molecule has 27 heavy (non-hydrogen) atoms. The van der Waals surface area contributed by atoms with Crippen molar-refractivity contribution in [1.29, 1.82) is 0 Å². The number of nitrogens with zero attached hydrogens (tertiary/aromatic N) is 4. The molecule has 0 saturated carbocycles. The molecule has 2 aromatic heterocycles. The summed E-state index contributed by atoms with van der Waals surface area (Å²) in [5, 5.41) is 4.20. The lowest BCUT2D eigenvalue weighted by Gasteiger charge is -2.06.